The van der Waals surface area contributed by atoms with Crippen LogP contribution in [0.1, 0.15) is 26.3 Å². The molecule has 3 aromatic rings. The van der Waals surface area contributed by atoms with Crippen LogP contribution < -0.4 is 11.5 Å². The van der Waals surface area contributed by atoms with Crippen molar-refractivity contribution in [3.8, 4) is 11.1 Å². The Bertz CT molecular complexity index is 1040. The Labute approximate surface area is 146 Å². The molecule has 0 fully saturated rings. The summed E-state index contributed by atoms with van der Waals surface area (Å²) in [5.74, 6) is -1.48. The Morgan fingerprint density at radius 3 is 2.15 bits per heavy atom. The lowest BCUT2D eigenvalue weighted by molar-refractivity contribution is -0.137. The molecule has 26 heavy (non-hydrogen) atoms. The molecule has 0 atom stereocenters. The molecule has 0 aliphatic carbocycles. The summed E-state index contributed by atoms with van der Waals surface area (Å²) in [6.45, 7) is 0. The molecule has 0 heterocycles. The zero-order chi connectivity index (χ0) is 19.1. The van der Waals surface area contributed by atoms with Crippen LogP contribution in [0.4, 0.5) is 13.2 Å². The van der Waals surface area contributed by atoms with Gasteiger partial charge in [-0.25, -0.2) is 0 Å². The fourth-order valence-corrected chi connectivity index (χ4v) is 2.84. The highest BCUT2D eigenvalue weighted by molar-refractivity contribution is 6.11. The molecule has 132 valence electrons. The average Bonchev–Trinajstić information content (AvgIpc) is 2.59. The number of primary amides is 2. The Balaban J connectivity index is 2.39. The molecular weight excluding hydrogens is 345 g/mol. The summed E-state index contributed by atoms with van der Waals surface area (Å²) in [7, 11) is 0. The number of carbonyl (C=O) groups excluding carboxylic acids is 2. The molecule has 0 unspecified atom stereocenters. The fourth-order valence-electron chi connectivity index (χ4n) is 2.84. The molecule has 0 aliphatic heterocycles. The summed E-state index contributed by atoms with van der Waals surface area (Å²) in [6, 6.07) is 12.2. The van der Waals surface area contributed by atoms with E-state index in [-0.39, 0.29) is 22.3 Å². The first-order chi connectivity index (χ1) is 12.2. The van der Waals surface area contributed by atoms with E-state index >= 15 is 0 Å². The molecule has 4 N–H and O–H groups in total. The van der Waals surface area contributed by atoms with Gasteiger partial charge in [0.2, 0.25) is 11.8 Å². The number of amides is 2. The monoisotopic (exact) mass is 358 g/mol. The molecule has 2 amide bonds. The first-order valence-electron chi connectivity index (χ1n) is 7.52. The quantitative estimate of drug-likeness (QED) is 0.747. The van der Waals surface area contributed by atoms with Crippen LogP contribution in [0.15, 0.2) is 54.6 Å². The van der Waals surface area contributed by atoms with Gasteiger partial charge in [0, 0.05) is 16.7 Å². The molecule has 0 radical (unpaired) electrons. The predicted molar refractivity (Wildman–Crippen MR) is 91.4 cm³/mol. The Morgan fingerprint density at radius 2 is 1.54 bits per heavy atom. The van der Waals surface area contributed by atoms with Gasteiger partial charge in [-0.2, -0.15) is 13.2 Å². The van der Waals surface area contributed by atoms with E-state index in [9.17, 15) is 22.8 Å². The van der Waals surface area contributed by atoms with Gasteiger partial charge < -0.3 is 11.5 Å². The second-order valence-electron chi connectivity index (χ2n) is 5.73. The third kappa shape index (κ3) is 3.11. The molecule has 0 bridgehead atoms. The summed E-state index contributed by atoms with van der Waals surface area (Å²) in [5, 5.41) is 1.05. The Morgan fingerprint density at radius 1 is 0.846 bits per heavy atom. The smallest absolute Gasteiger partial charge is 0.366 e. The van der Waals surface area contributed by atoms with Crippen molar-refractivity contribution in [3.63, 3.8) is 0 Å². The number of nitrogens with two attached hydrogens (primary N) is 2. The maximum Gasteiger partial charge on any atom is 0.416 e. The van der Waals surface area contributed by atoms with Gasteiger partial charge in [-0.15, -0.1) is 0 Å². The van der Waals surface area contributed by atoms with Crippen molar-refractivity contribution < 1.29 is 22.8 Å². The molecule has 0 saturated heterocycles. The summed E-state index contributed by atoms with van der Waals surface area (Å²) < 4.78 is 39.2. The van der Waals surface area contributed by atoms with Crippen molar-refractivity contribution >= 4 is 22.6 Å². The van der Waals surface area contributed by atoms with E-state index < -0.39 is 23.6 Å². The average molecular weight is 358 g/mol. The van der Waals surface area contributed by atoms with Crippen LogP contribution in [-0.2, 0) is 6.18 Å². The second-order valence-corrected chi connectivity index (χ2v) is 5.73. The van der Waals surface area contributed by atoms with Crippen molar-refractivity contribution in [2.24, 2.45) is 11.5 Å². The number of alkyl halides is 3. The number of hydrogen-bond donors (Lipinski definition) is 2. The summed E-state index contributed by atoms with van der Waals surface area (Å²) in [4.78, 5) is 23.3. The molecule has 0 saturated carbocycles. The maximum absolute atomic E-state index is 13.1. The molecule has 0 aliphatic rings. The summed E-state index contributed by atoms with van der Waals surface area (Å²) in [5.41, 5.74) is 10.5. The van der Waals surface area contributed by atoms with Gasteiger partial charge in [-0.1, -0.05) is 24.3 Å². The third-order valence-corrected chi connectivity index (χ3v) is 4.05. The van der Waals surface area contributed by atoms with Crippen LogP contribution in [0.5, 0.6) is 0 Å². The second kappa shape index (κ2) is 6.18. The minimum Gasteiger partial charge on any atom is -0.366 e. The van der Waals surface area contributed by atoms with Gasteiger partial charge in [-0.3, -0.25) is 9.59 Å². The first-order valence-corrected chi connectivity index (χ1v) is 7.52. The van der Waals surface area contributed by atoms with Crippen LogP contribution in [0.2, 0.25) is 0 Å². The van der Waals surface area contributed by atoms with Crippen molar-refractivity contribution in [2.45, 2.75) is 6.18 Å². The first kappa shape index (κ1) is 17.5. The van der Waals surface area contributed by atoms with Crippen molar-refractivity contribution in [2.75, 3.05) is 0 Å². The van der Waals surface area contributed by atoms with E-state index in [0.29, 0.717) is 10.8 Å². The van der Waals surface area contributed by atoms with Crippen LogP contribution >= 0.6 is 0 Å². The number of rotatable bonds is 3. The molecule has 4 nitrogen and oxygen atoms in total. The fraction of sp³-hybridized carbons (Fsp3) is 0.0526. The summed E-state index contributed by atoms with van der Waals surface area (Å²) in [6.07, 6.45) is -4.54. The number of fused-ring (bicyclic) bond motifs is 1. The van der Waals surface area contributed by atoms with Crippen molar-refractivity contribution in [1.82, 2.24) is 0 Å². The molecule has 3 aromatic carbocycles. The van der Waals surface area contributed by atoms with E-state index in [1.54, 1.807) is 12.1 Å². The highest BCUT2D eigenvalue weighted by atomic mass is 19.4. The lowest BCUT2D eigenvalue weighted by Gasteiger charge is -2.14. The third-order valence-electron chi connectivity index (χ3n) is 4.05. The largest absolute Gasteiger partial charge is 0.416 e. The van der Waals surface area contributed by atoms with Gasteiger partial charge in [0.25, 0.3) is 0 Å². The van der Waals surface area contributed by atoms with Crippen LogP contribution in [0.3, 0.4) is 0 Å². The van der Waals surface area contributed by atoms with E-state index in [2.05, 4.69) is 0 Å². The molecule has 0 aromatic heterocycles. The van der Waals surface area contributed by atoms with Gasteiger partial charge in [0.1, 0.15) is 0 Å². The van der Waals surface area contributed by atoms with E-state index in [1.165, 1.54) is 30.3 Å². The van der Waals surface area contributed by atoms with Gasteiger partial charge in [0.05, 0.1) is 5.56 Å². The number of benzene rings is 3. The molecule has 7 heteroatoms. The van der Waals surface area contributed by atoms with Crippen LogP contribution in [0.25, 0.3) is 21.9 Å². The summed E-state index contributed by atoms with van der Waals surface area (Å²) >= 11 is 0. The van der Waals surface area contributed by atoms with Gasteiger partial charge in [0.15, 0.2) is 0 Å². The Hall–Kier alpha value is -3.35. The van der Waals surface area contributed by atoms with Crippen molar-refractivity contribution in [3.05, 3.63) is 71.3 Å². The van der Waals surface area contributed by atoms with Gasteiger partial charge in [-0.05, 0) is 46.7 Å². The SMILES string of the molecule is NC(=O)c1ccc2ccc(C(N)=O)c(-c3cccc(C(F)(F)F)c3)c2c1. The van der Waals surface area contributed by atoms with E-state index in [4.69, 9.17) is 11.5 Å². The minimum absolute atomic E-state index is 0.0541. The highest BCUT2D eigenvalue weighted by Crippen LogP contribution is 2.36. The molecule has 0 spiro atoms. The number of carbonyl (C=O) groups is 2. The zero-order valence-electron chi connectivity index (χ0n) is 13.3. The number of halogens is 3. The lowest BCUT2D eigenvalue weighted by atomic mass is 9.91. The van der Waals surface area contributed by atoms with Crippen LogP contribution in [-0.4, -0.2) is 11.8 Å². The number of hydrogen-bond acceptors (Lipinski definition) is 2. The maximum atomic E-state index is 13.1. The van der Waals surface area contributed by atoms with Gasteiger partial charge >= 0.3 is 6.18 Å². The predicted octanol–water partition coefficient (Wildman–Crippen LogP) is 3.72. The standard InChI is InChI=1S/C19H13F3N2O2/c20-19(21,22)13-3-1-2-11(8-13)16-14(18(24)26)7-6-10-4-5-12(17(23)25)9-15(10)16/h1-9H,(H2,23,25)(H2,24,26). The lowest BCUT2D eigenvalue weighted by Crippen LogP contribution is -2.13. The Kier molecular flexibility index (Phi) is 4.15. The van der Waals surface area contributed by atoms with E-state index in [1.807, 2.05) is 0 Å². The highest BCUT2D eigenvalue weighted by Gasteiger charge is 2.31. The minimum atomic E-state index is -4.54. The van der Waals surface area contributed by atoms with Crippen molar-refractivity contribution in [1.29, 1.82) is 0 Å². The van der Waals surface area contributed by atoms with E-state index in [0.717, 1.165) is 12.1 Å². The topological polar surface area (TPSA) is 86.2 Å². The molecular formula is C19H13F3N2O2. The molecule has 3 rings (SSSR count). The van der Waals surface area contributed by atoms with Crippen LogP contribution in [0, 0.1) is 0 Å². The normalized spacial score (nSPS) is 11.5. The zero-order valence-corrected chi connectivity index (χ0v) is 13.3.